The highest BCUT2D eigenvalue weighted by atomic mass is 17.2. The van der Waals surface area contributed by atoms with Crippen molar-refractivity contribution in [1.82, 2.24) is 0 Å². The van der Waals surface area contributed by atoms with E-state index in [0.29, 0.717) is 37.4 Å². The lowest BCUT2D eigenvalue weighted by Gasteiger charge is -2.31. The van der Waals surface area contributed by atoms with Crippen LogP contribution in [0.5, 0.6) is 11.5 Å². The zero-order valence-electron chi connectivity index (χ0n) is 38.4. The van der Waals surface area contributed by atoms with Crippen LogP contribution in [0.2, 0.25) is 0 Å². The fraction of sp³-hybridized carbons (Fsp3) is 0.627. The summed E-state index contributed by atoms with van der Waals surface area (Å²) in [6, 6.07) is 13.7. The molecule has 2 saturated carbocycles. The summed E-state index contributed by atoms with van der Waals surface area (Å²) < 4.78 is 35.8. The molecule has 0 amide bonds. The summed E-state index contributed by atoms with van der Waals surface area (Å²) >= 11 is 0. The van der Waals surface area contributed by atoms with Crippen LogP contribution in [-0.2, 0) is 38.2 Å². The first-order valence-electron chi connectivity index (χ1n) is 23.5. The Morgan fingerprint density at radius 2 is 1.46 bits per heavy atom. The predicted molar refractivity (Wildman–Crippen MR) is 242 cm³/mol. The topological polar surface area (TPSA) is 132 Å². The monoisotopic (exact) mass is 871 g/mol. The summed E-state index contributed by atoms with van der Waals surface area (Å²) in [6.45, 7) is 14.1. The van der Waals surface area contributed by atoms with Crippen molar-refractivity contribution in [2.24, 2.45) is 28.7 Å². The lowest BCUT2D eigenvalue weighted by Crippen LogP contribution is -2.32. The average molecular weight is 871 g/mol. The smallest absolute Gasteiger partial charge is 0.309 e. The maximum Gasteiger partial charge on any atom is 0.309 e. The fourth-order valence-corrected chi connectivity index (χ4v) is 8.93. The van der Waals surface area contributed by atoms with Gasteiger partial charge in [-0.15, -0.1) is 0 Å². The first-order chi connectivity index (χ1) is 30.2. The lowest BCUT2D eigenvalue weighted by atomic mass is 9.82. The number of esters is 2. The van der Waals surface area contributed by atoms with Gasteiger partial charge in [0.1, 0.15) is 23.6 Å². The third-order valence-electron chi connectivity index (χ3n) is 12.3. The van der Waals surface area contributed by atoms with Crippen LogP contribution in [0.15, 0.2) is 71.3 Å². The Morgan fingerprint density at radius 3 is 2.13 bits per heavy atom. The van der Waals surface area contributed by atoms with Crippen molar-refractivity contribution in [2.45, 2.75) is 148 Å². The Hall–Kier alpha value is -4.23. The third-order valence-corrected chi connectivity index (χ3v) is 12.3. The van der Waals surface area contributed by atoms with Gasteiger partial charge in [-0.1, -0.05) is 24.3 Å². The number of nitrogens with one attached hydrogen (secondary N) is 1. The maximum atomic E-state index is 12.7. The molecule has 0 spiro atoms. The third kappa shape index (κ3) is 14.1. The van der Waals surface area contributed by atoms with Gasteiger partial charge in [0, 0.05) is 12.7 Å². The second kappa shape index (κ2) is 21.6. The molecule has 3 atom stereocenters. The molecular formula is C51H70N2O10. The van der Waals surface area contributed by atoms with Gasteiger partial charge >= 0.3 is 11.9 Å². The van der Waals surface area contributed by atoms with Crippen molar-refractivity contribution < 1.29 is 47.8 Å². The average Bonchev–Trinajstić information content (AvgIpc) is 3.27. The van der Waals surface area contributed by atoms with Crippen LogP contribution < -0.4 is 14.9 Å². The van der Waals surface area contributed by atoms with Crippen LogP contribution in [-0.4, -0.2) is 74.3 Å². The number of ether oxygens (including phenoxy) is 6. The number of hydrogen-bond donors (Lipinski definition) is 1. The van der Waals surface area contributed by atoms with E-state index in [1.807, 2.05) is 71.9 Å². The lowest BCUT2D eigenvalue weighted by molar-refractivity contribution is -0.234. The minimum atomic E-state index is -0.472. The number of fused-ring (bicyclic) bond motifs is 1. The molecule has 0 aromatic heterocycles. The number of hydrogen-bond acceptors (Lipinski definition) is 12. The van der Waals surface area contributed by atoms with E-state index in [1.54, 1.807) is 0 Å². The van der Waals surface area contributed by atoms with Gasteiger partial charge in [0.05, 0.1) is 60.9 Å². The van der Waals surface area contributed by atoms with E-state index in [9.17, 15) is 9.59 Å². The first-order valence-corrected chi connectivity index (χ1v) is 23.5. The number of allylic oxidation sites excluding steroid dienone is 1. The van der Waals surface area contributed by atoms with Gasteiger partial charge in [-0.25, -0.2) is 4.99 Å². The highest BCUT2D eigenvalue weighted by molar-refractivity contribution is 6.11. The first kappa shape index (κ1) is 46.8. The molecule has 3 aliphatic carbocycles. The van der Waals surface area contributed by atoms with Crippen molar-refractivity contribution in [3.63, 3.8) is 0 Å². The van der Waals surface area contributed by atoms with Gasteiger partial charge < -0.3 is 38.6 Å². The van der Waals surface area contributed by atoms with E-state index in [1.165, 1.54) is 0 Å². The van der Waals surface area contributed by atoms with E-state index in [-0.39, 0.29) is 48.8 Å². The number of carbonyl (C=O) groups excluding carboxylic acids is 2. The zero-order chi connectivity index (χ0) is 44.4. The molecule has 5 aliphatic rings. The van der Waals surface area contributed by atoms with Crippen molar-refractivity contribution in [3.05, 3.63) is 71.8 Å². The van der Waals surface area contributed by atoms with E-state index < -0.39 is 11.2 Å². The summed E-state index contributed by atoms with van der Waals surface area (Å²) in [6.07, 6.45) is 17.1. The maximum absolute atomic E-state index is 12.7. The number of carbonyl (C=O) groups is 2. The van der Waals surface area contributed by atoms with Gasteiger partial charge in [-0.05, 0) is 172 Å². The van der Waals surface area contributed by atoms with Gasteiger partial charge in [-0.2, -0.15) is 4.89 Å². The normalized spacial score (nSPS) is 26.3. The van der Waals surface area contributed by atoms with Gasteiger partial charge in [-0.3, -0.25) is 9.59 Å². The number of aliphatic imine (C=N–C) groups is 1. The van der Waals surface area contributed by atoms with Crippen LogP contribution in [0.25, 0.3) is 0 Å². The number of anilines is 1. The molecular weight excluding hydrogens is 801 g/mol. The van der Waals surface area contributed by atoms with Gasteiger partial charge in [0.15, 0.2) is 12.0 Å². The molecule has 1 N–H and O–H groups in total. The van der Waals surface area contributed by atoms with Crippen LogP contribution in [0.4, 0.5) is 11.4 Å². The molecule has 3 fully saturated rings. The van der Waals surface area contributed by atoms with Crippen molar-refractivity contribution in [2.75, 3.05) is 38.4 Å². The molecule has 1 saturated heterocycles. The molecule has 7 rings (SSSR count). The van der Waals surface area contributed by atoms with E-state index in [0.717, 1.165) is 118 Å². The van der Waals surface area contributed by atoms with Crippen LogP contribution >= 0.6 is 0 Å². The molecule has 2 aromatic carbocycles. The van der Waals surface area contributed by atoms with E-state index in [4.69, 9.17) is 43.2 Å². The molecule has 0 radical (unpaired) electrons. The number of rotatable bonds is 16. The Bertz CT molecular complexity index is 1920. The highest BCUT2D eigenvalue weighted by Crippen LogP contribution is 2.41. The van der Waals surface area contributed by atoms with E-state index >= 15 is 0 Å². The summed E-state index contributed by atoms with van der Waals surface area (Å²) in [5.74, 6) is 1.86. The summed E-state index contributed by atoms with van der Waals surface area (Å²) in [4.78, 5) is 41.9. The predicted octanol–water partition coefficient (Wildman–Crippen LogP) is 10.7. The minimum Gasteiger partial charge on any atom is -0.493 e. The zero-order valence-corrected chi connectivity index (χ0v) is 38.4. The molecule has 12 heteroatoms. The second-order valence-electron chi connectivity index (χ2n) is 19.8. The molecule has 0 bridgehead atoms. The van der Waals surface area contributed by atoms with Gasteiger partial charge in [0.25, 0.3) is 0 Å². The summed E-state index contributed by atoms with van der Waals surface area (Å²) in [5, 5.41) is 3.78. The van der Waals surface area contributed by atoms with Crippen LogP contribution in [0.1, 0.15) is 130 Å². The van der Waals surface area contributed by atoms with Gasteiger partial charge in [0.2, 0.25) is 0 Å². The largest absolute Gasteiger partial charge is 0.493 e. The second-order valence-corrected chi connectivity index (χ2v) is 19.8. The summed E-state index contributed by atoms with van der Waals surface area (Å²) in [5.41, 5.74) is 3.54. The molecule has 2 aromatic rings. The molecule has 2 aliphatic heterocycles. The molecule has 344 valence electrons. The number of benzene rings is 2. The van der Waals surface area contributed by atoms with Crippen molar-refractivity contribution in [3.8, 4) is 11.5 Å². The Morgan fingerprint density at radius 1 is 0.762 bits per heavy atom. The van der Waals surface area contributed by atoms with Crippen LogP contribution in [0.3, 0.4) is 0 Å². The van der Waals surface area contributed by atoms with Crippen molar-refractivity contribution in [1.29, 1.82) is 0 Å². The molecule has 3 unspecified atom stereocenters. The number of nitrogens with zero attached hydrogens (tertiary/aromatic N) is 1. The molecule has 12 nitrogen and oxygen atoms in total. The molecule has 2 heterocycles. The van der Waals surface area contributed by atoms with Crippen LogP contribution in [0, 0.1) is 23.7 Å². The Balaban J connectivity index is 1.01. The summed E-state index contributed by atoms with van der Waals surface area (Å²) in [7, 11) is 0. The fourth-order valence-electron chi connectivity index (χ4n) is 8.93. The Labute approximate surface area is 374 Å². The molecule has 63 heavy (non-hydrogen) atoms. The highest BCUT2D eigenvalue weighted by Gasteiger charge is 2.33. The standard InChI is InChI=1S/C51H70N2O10/c1-50(2,3)61-48(54)36-20-16-34(17-21-36)32-58-40-13-9-11-38(29-40)46-47(53-44-31-42(24-25-43(44)52-46)63-60-28-27-57-45-15-7-8-26-56-45)39-12-10-14-41(30-39)59-33-35-18-22-37(23-19-35)49(55)62-51(4,5)6/h9-13,24-25,29-31,34-37,41,45-46,52H,7-8,14-23,26-28,32-33H2,1-6H3. The Kier molecular flexibility index (Phi) is 16.1. The SMILES string of the molecule is CC(C)(C)OC(=O)C1CCC(COc2cccc(C3Nc4ccc(OOCCOC5CCCCO5)cc4N=C3C3=CC(OCC4CCC(C(=O)OC(C)(C)C)CC4)CC=C3)c2)CC1. The van der Waals surface area contributed by atoms with Crippen molar-refractivity contribution >= 4 is 29.0 Å². The minimum absolute atomic E-state index is 0.0382. The van der Waals surface area contributed by atoms with E-state index in [2.05, 4.69) is 35.7 Å². The quantitative estimate of drug-likeness (QED) is 0.0748.